The Morgan fingerprint density at radius 2 is 1.82 bits per heavy atom. The summed E-state index contributed by atoms with van der Waals surface area (Å²) in [7, 11) is 1.83. The van der Waals surface area contributed by atoms with Crippen molar-refractivity contribution in [3.63, 3.8) is 0 Å². The van der Waals surface area contributed by atoms with Crippen molar-refractivity contribution in [3.05, 3.63) is 72.3 Å². The number of aromatic nitrogens is 3. The summed E-state index contributed by atoms with van der Waals surface area (Å²) in [4.78, 5) is 42.3. The largest absolute Gasteiger partial charge is 0.480 e. The normalized spacial score (nSPS) is 14.9. The number of amides is 1. The van der Waals surface area contributed by atoms with Crippen LogP contribution in [0.5, 0.6) is 5.75 Å². The number of hydrogen-bond donors (Lipinski definition) is 3. The number of fused-ring (bicyclic) bond motifs is 2. The molecule has 234 valence electrons. The fraction of sp³-hybridized carbons (Fsp3) is 0.353. The van der Waals surface area contributed by atoms with E-state index in [1.807, 2.05) is 23.7 Å². The van der Waals surface area contributed by atoms with Crippen molar-refractivity contribution in [2.24, 2.45) is 7.05 Å². The molecule has 0 aliphatic heterocycles. The minimum absolute atomic E-state index is 0.00732. The molecule has 0 spiro atoms. The van der Waals surface area contributed by atoms with Crippen molar-refractivity contribution in [1.82, 2.24) is 19.4 Å². The van der Waals surface area contributed by atoms with Crippen LogP contribution in [0.25, 0.3) is 33.3 Å². The first-order chi connectivity index (χ1) is 21.5. The monoisotopic (exact) mass is 612 g/mol. The van der Waals surface area contributed by atoms with E-state index >= 15 is 0 Å². The highest BCUT2D eigenvalue weighted by molar-refractivity contribution is 6.00. The highest BCUT2D eigenvalue weighted by atomic mass is 16.5. The van der Waals surface area contributed by atoms with Gasteiger partial charge in [0, 0.05) is 42.2 Å². The lowest BCUT2D eigenvalue weighted by Crippen LogP contribution is -2.42. The minimum Gasteiger partial charge on any atom is -0.480 e. The summed E-state index contributed by atoms with van der Waals surface area (Å²) in [5.74, 6) is -1.67. The molecule has 11 nitrogen and oxygen atoms in total. The third kappa shape index (κ3) is 5.90. The number of benzene rings is 2. The SMILES string of the molecule is Cn1cc(CC(NC(=O)c2ccc3c(c2)nc(-c2ccoc2)n3C2CCCCC2)C(=O)O)c2cc(OC(C)(C)C(=O)O)ccc21. The second-order valence-corrected chi connectivity index (χ2v) is 12.2. The van der Waals surface area contributed by atoms with Crippen molar-refractivity contribution in [3.8, 4) is 17.1 Å². The van der Waals surface area contributed by atoms with E-state index in [0.717, 1.165) is 48.1 Å². The molecule has 1 aliphatic rings. The number of carboxylic acid groups (broad SMARTS) is 2. The van der Waals surface area contributed by atoms with Crippen LogP contribution in [0.2, 0.25) is 0 Å². The van der Waals surface area contributed by atoms with Gasteiger partial charge in [0.05, 0.1) is 22.9 Å². The predicted molar refractivity (Wildman–Crippen MR) is 167 cm³/mol. The zero-order valence-corrected chi connectivity index (χ0v) is 25.4. The molecule has 1 aliphatic carbocycles. The lowest BCUT2D eigenvalue weighted by Gasteiger charge is -2.25. The summed E-state index contributed by atoms with van der Waals surface area (Å²) in [6, 6.07) is 11.4. The molecule has 45 heavy (non-hydrogen) atoms. The van der Waals surface area contributed by atoms with Gasteiger partial charge in [0.2, 0.25) is 0 Å². The maximum atomic E-state index is 13.5. The summed E-state index contributed by atoms with van der Waals surface area (Å²) < 4.78 is 15.2. The van der Waals surface area contributed by atoms with Gasteiger partial charge in [0.25, 0.3) is 5.91 Å². The molecule has 0 bridgehead atoms. The molecule has 5 aromatic rings. The first kappa shape index (κ1) is 30.0. The van der Waals surface area contributed by atoms with Gasteiger partial charge < -0.3 is 33.8 Å². The number of nitrogens with one attached hydrogen (secondary N) is 1. The second-order valence-electron chi connectivity index (χ2n) is 12.2. The molecular formula is C34H36N4O7. The summed E-state index contributed by atoms with van der Waals surface area (Å²) in [5, 5.41) is 23.0. The average Bonchev–Trinajstić information content (AvgIpc) is 3.74. The van der Waals surface area contributed by atoms with E-state index in [1.165, 1.54) is 20.3 Å². The lowest BCUT2D eigenvalue weighted by molar-refractivity contribution is -0.152. The van der Waals surface area contributed by atoms with E-state index in [9.17, 15) is 24.6 Å². The molecular weight excluding hydrogens is 576 g/mol. The Morgan fingerprint density at radius 1 is 1.07 bits per heavy atom. The Morgan fingerprint density at radius 3 is 2.51 bits per heavy atom. The number of carbonyl (C=O) groups is 3. The molecule has 0 saturated heterocycles. The van der Waals surface area contributed by atoms with Gasteiger partial charge in [-0.2, -0.15) is 0 Å². The van der Waals surface area contributed by atoms with E-state index < -0.39 is 29.5 Å². The molecule has 1 saturated carbocycles. The molecule has 11 heteroatoms. The first-order valence-electron chi connectivity index (χ1n) is 15.1. The van der Waals surface area contributed by atoms with Crippen LogP contribution in [0, 0.1) is 0 Å². The summed E-state index contributed by atoms with van der Waals surface area (Å²) in [6.07, 6.45) is 10.7. The highest BCUT2D eigenvalue weighted by Gasteiger charge is 2.30. The molecule has 2 aromatic carbocycles. The van der Waals surface area contributed by atoms with E-state index in [-0.39, 0.29) is 6.42 Å². The Bertz CT molecular complexity index is 1890. The van der Waals surface area contributed by atoms with Crippen LogP contribution in [-0.2, 0) is 23.1 Å². The van der Waals surface area contributed by atoms with Gasteiger partial charge >= 0.3 is 11.9 Å². The smallest absolute Gasteiger partial charge is 0.347 e. The predicted octanol–water partition coefficient (Wildman–Crippen LogP) is 5.96. The second kappa shape index (κ2) is 11.8. The molecule has 1 amide bonds. The third-order valence-electron chi connectivity index (χ3n) is 8.63. The number of aryl methyl sites for hydroxylation is 1. The lowest BCUT2D eigenvalue weighted by atomic mass is 9.95. The van der Waals surface area contributed by atoms with Crippen LogP contribution in [0.1, 0.15) is 67.9 Å². The number of rotatable bonds is 10. The zero-order valence-electron chi connectivity index (χ0n) is 25.4. The van der Waals surface area contributed by atoms with Crippen LogP contribution >= 0.6 is 0 Å². The molecule has 1 fully saturated rings. The fourth-order valence-electron chi connectivity index (χ4n) is 6.22. The van der Waals surface area contributed by atoms with E-state index in [4.69, 9.17) is 14.1 Å². The number of nitrogens with zero attached hydrogens (tertiary/aromatic N) is 3. The van der Waals surface area contributed by atoms with Crippen LogP contribution < -0.4 is 10.1 Å². The van der Waals surface area contributed by atoms with Gasteiger partial charge in [0.15, 0.2) is 5.60 Å². The Labute approximate surface area is 259 Å². The molecule has 1 atom stereocenters. The van der Waals surface area contributed by atoms with Crippen molar-refractivity contribution in [2.45, 2.75) is 70.1 Å². The van der Waals surface area contributed by atoms with E-state index in [0.29, 0.717) is 33.8 Å². The van der Waals surface area contributed by atoms with E-state index in [1.54, 1.807) is 49.1 Å². The average molecular weight is 613 g/mol. The molecule has 3 heterocycles. The number of ether oxygens (including phenoxy) is 1. The Balaban J connectivity index is 1.27. The van der Waals surface area contributed by atoms with Gasteiger partial charge in [-0.15, -0.1) is 0 Å². The maximum Gasteiger partial charge on any atom is 0.347 e. The topological polar surface area (TPSA) is 149 Å². The first-order valence-corrected chi connectivity index (χ1v) is 15.1. The third-order valence-corrected chi connectivity index (χ3v) is 8.63. The number of hydrogen-bond acceptors (Lipinski definition) is 6. The van der Waals surface area contributed by atoms with Crippen LogP contribution in [-0.4, -0.2) is 53.8 Å². The standard InChI is InChI=1S/C34H36N4O7/c1-34(2,33(42)43)45-24-10-12-28-25(17-24)22(18-37(28)3)16-27(32(40)41)36-31(39)20-9-11-29-26(15-20)35-30(21-13-14-44-19-21)38(29)23-7-5-4-6-8-23/h9-15,17-19,23,27H,4-8,16H2,1-3H3,(H,36,39)(H,40,41)(H,42,43). The van der Waals surface area contributed by atoms with Crippen molar-refractivity contribution < 1.29 is 33.8 Å². The van der Waals surface area contributed by atoms with Gasteiger partial charge in [-0.05, 0) is 74.7 Å². The van der Waals surface area contributed by atoms with Crippen molar-refractivity contribution in [1.29, 1.82) is 0 Å². The summed E-state index contributed by atoms with van der Waals surface area (Å²) in [6.45, 7) is 2.91. The Kier molecular flexibility index (Phi) is 7.86. The highest BCUT2D eigenvalue weighted by Crippen LogP contribution is 2.36. The fourth-order valence-corrected chi connectivity index (χ4v) is 6.22. The van der Waals surface area contributed by atoms with Crippen LogP contribution in [0.3, 0.4) is 0 Å². The van der Waals surface area contributed by atoms with Crippen LogP contribution in [0.15, 0.2) is 65.6 Å². The van der Waals surface area contributed by atoms with E-state index in [2.05, 4.69) is 9.88 Å². The number of carboxylic acids is 2. The van der Waals surface area contributed by atoms with Gasteiger partial charge in [0.1, 0.15) is 23.9 Å². The van der Waals surface area contributed by atoms with Gasteiger partial charge in [-0.25, -0.2) is 14.6 Å². The number of carbonyl (C=O) groups excluding carboxylic acids is 1. The van der Waals surface area contributed by atoms with Gasteiger partial charge in [-0.3, -0.25) is 4.79 Å². The molecule has 3 N–H and O–H groups in total. The molecule has 1 unspecified atom stereocenters. The summed E-state index contributed by atoms with van der Waals surface area (Å²) >= 11 is 0. The molecule has 3 aromatic heterocycles. The van der Waals surface area contributed by atoms with Gasteiger partial charge in [-0.1, -0.05) is 19.3 Å². The summed E-state index contributed by atoms with van der Waals surface area (Å²) in [5.41, 5.74) is 2.78. The molecule has 6 rings (SSSR count). The van der Waals surface area contributed by atoms with Crippen molar-refractivity contribution in [2.75, 3.05) is 0 Å². The number of imidazole rings is 1. The molecule has 0 radical (unpaired) electrons. The van der Waals surface area contributed by atoms with Crippen LogP contribution in [0.4, 0.5) is 0 Å². The zero-order chi connectivity index (χ0) is 31.9. The minimum atomic E-state index is -1.45. The van der Waals surface area contributed by atoms with Crippen molar-refractivity contribution >= 4 is 39.8 Å². The quantitative estimate of drug-likeness (QED) is 0.175. The maximum absolute atomic E-state index is 13.5. The Hall–Kier alpha value is -5.06. The number of furan rings is 1. The number of aliphatic carboxylic acids is 2.